The molecule has 1 aromatic rings. The first-order valence-corrected chi connectivity index (χ1v) is 12.3. The number of aliphatic carboxylic acids is 1. The van der Waals surface area contributed by atoms with Crippen molar-refractivity contribution in [1.82, 2.24) is 5.01 Å². The number of Topliss-reactive ketones (excluding diaryl/α,β-unsaturated/α-hetero) is 1. The number of aryl methyl sites for hydroxylation is 1. The number of rotatable bonds is 13. The van der Waals surface area contributed by atoms with Crippen LogP contribution in [-0.4, -0.2) is 51.1 Å². The first-order chi connectivity index (χ1) is 14.2. The molecule has 0 aliphatic carbocycles. The largest absolute Gasteiger partial charge is 0.479 e. The maximum absolute atomic E-state index is 13.2. The van der Waals surface area contributed by atoms with Crippen LogP contribution in [0.15, 0.2) is 30.3 Å². The number of hydrogen-bond acceptors (Lipinski definition) is 6. The second kappa shape index (κ2) is 11.2. The Morgan fingerprint density at radius 1 is 1.27 bits per heavy atom. The summed E-state index contributed by atoms with van der Waals surface area (Å²) in [5.74, 6) is 3.77. The Kier molecular flexibility index (Phi) is 9.19. The normalized spacial score (nSPS) is 22.5. The van der Waals surface area contributed by atoms with Crippen molar-refractivity contribution in [3.05, 3.63) is 35.9 Å². The van der Waals surface area contributed by atoms with Crippen molar-refractivity contribution in [1.29, 1.82) is 0 Å². The Morgan fingerprint density at radius 3 is 2.53 bits per heavy atom. The van der Waals surface area contributed by atoms with Gasteiger partial charge in [-0.05, 0) is 44.1 Å². The van der Waals surface area contributed by atoms with E-state index in [4.69, 9.17) is 10.4 Å². The maximum atomic E-state index is 13.2. The minimum atomic E-state index is -4.06. The van der Waals surface area contributed by atoms with Crippen LogP contribution in [0, 0.1) is 0 Å². The minimum absolute atomic E-state index is 0.0659. The highest BCUT2D eigenvalue weighted by molar-refractivity contribution is 7.52. The van der Waals surface area contributed by atoms with E-state index in [0.29, 0.717) is 25.7 Å². The van der Waals surface area contributed by atoms with Gasteiger partial charge in [-0.25, -0.2) is 9.80 Å². The number of ketones is 1. The van der Waals surface area contributed by atoms with Gasteiger partial charge in [-0.3, -0.25) is 19.7 Å². The summed E-state index contributed by atoms with van der Waals surface area (Å²) in [6, 6.07) is 9.83. The number of benzene rings is 1. The molecule has 1 aliphatic heterocycles. The van der Waals surface area contributed by atoms with Crippen LogP contribution in [0.1, 0.15) is 57.4 Å². The van der Waals surface area contributed by atoms with Gasteiger partial charge in [0.15, 0.2) is 11.3 Å². The van der Waals surface area contributed by atoms with Gasteiger partial charge in [0.2, 0.25) is 0 Å². The molecule has 1 aromatic carbocycles. The Balaban J connectivity index is 2.02. The predicted molar refractivity (Wildman–Crippen MR) is 114 cm³/mol. The minimum Gasteiger partial charge on any atom is -0.479 e. The highest BCUT2D eigenvalue weighted by Crippen LogP contribution is 2.46. The van der Waals surface area contributed by atoms with Crippen LogP contribution < -0.4 is 5.84 Å². The average Bonchev–Trinajstić information content (AvgIpc) is 3.11. The molecular formula is C21H33N2O6P. The lowest BCUT2D eigenvalue weighted by Crippen LogP contribution is -2.62. The summed E-state index contributed by atoms with van der Waals surface area (Å²) in [7, 11) is -4.06. The number of nitrogens with zero attached hydrogens (tertiary/aromatic N) is 1. The Hall–Kier alpha value is -1.57. The molecule has 2 unspecified atom stereocenters. The number of carbonyl (C=O) groups is 2. The van der Waals surface area contributed by atoms with Gasteiger partial charge in [-0.15, -0.1) is 0 Å². The van der Waals surface area contributed by atoms with Gasteiger partial charge in [0.1, 0.15) is 6.10 Å². The van der Waals surface area contributed by atoms with E-state index in [-0.39, 0.29) is 25.5 Å². The lowest BCUT2D eigenvalue weighted by atomic mass is 9.87. The standard InChI is InChI=1S/C21H33N2O6P/c1-2-3-13-18(19(24)21(20(25)26)14-9-15-23(21)22)29-30(27,28)16-8-7-12-17-10-5-4-6-11-17/h4-6,10-11,18H,2-3,7-9,12-16,22H2,1H3,(H,25,26)(H,27,28)/t18?,21-/m1/s1. The number of hydrazine groups is 1. The molecule has 1 heterocycles. The molecule has 9 heteroatoms. The van der Waals surface area contributed by atoms with Gasteiger partial charge in [0.25, 0.3) is 0 Å². The van der Waals surface area contributed by atoms with Gasteiger partial charge in [-0.1, -0.05) is 50.1 Å². The van der Waals surface area contributed by atoms with Crippen molar-refractivity contribution in [3.8, 4) is 0 Å². The molecule has 0 amide bonds. The van der Waals surface area contributed by atoms with E-state index >= 15 is 0 Å². The zero-order valence-electron chi connectivity index (χ0n) is 17.5. The molecule has 1 saturated heterocycles. The predicted octanol–water partition coefficient (Wildman–Crippen LogP) is 3.13. The third-order valence-electron chi connectivity index (χ3n) is 5.59. The van der Waals surface area contributed by atoms with Crippen LogP contribution in [0.3, 0.4) is 0 Å². The van der Waals surface area contributed by atoms with Gasteiger partial charge in [-0.2, -0.15) is 0 Å². The van der Waals surface area contributed by atoms with Crippen molar-refractivity contribution in [2.75, 3.05) is 12.7 Å². The van der Waals surface area contributed by atoms with Gasteiger partial charge >= 0.3 is 13.6 Å². The SMILES string of the molecule is CCCCC(OP(=O)(O)CCCCc1ccccc1)C(=O)[C@@]1(C(=O)O)CCCN1N. The summed E-state index contributed by atoms with van der Waals surface area (Å²) >= 11 is 0. The second-order valence-electron chi connectivity index (χ2n) is 7.87. The fraction of sp³-hybridized carbons (Fsp3) is 0.619. The molecule has 1 fully saturated rings. The quantitative estimate of drug-likeness (QED) is 0.185. The zero-order chi connectivity index (χ0) is 22.2. The topological polar surface area (TPSA) is 130 Å². The zero-order valence-corrected chi connectivity index (χ0v) is 18.4. The molecule has 3 atom stereocenters. The number of hydrogen-bond donors (Lipinski definition) is 3. The molecule has 2 rings (SSSR count). The number of carboxylic acid groups (broad SMARTS) is 1. The lowest BCUT2D eigenvalue weighted by Gasteiger charge is -2.33. The third-order valence-corrected chi connectivity index (χ3v) is 7.06. The van der Waals surface area contributed by atoms with Crippen LogP contribution in [0.25, 0.3) is 0 Å². The molecule has 0 bridgehead atoms. The van der Waals surface area contributed by atoms with Crippen molar-refractivity contribution >= 4 is 19.3 Å². The highest BCUT2D eigenvalue weighted by Gasteiger charge is 2.55. The number of carboxylic acids is 1. The number of unbranched alkanes of at least 4 members (excludes halogenated alkanes) is 2. The lowest BCUT2D eigenvalue weighted by molar-refractivity contribution is -0.159. The maximum Gasteiger partial charge on any atom is 0.333 e. The smallest absolute Gasteiger partial charge is 0.333 e. The summed E-state index contributed by atoms with van der Waals surface area (Å²) in [6.07, 6.45) is 2.64. The molecule has 0 spiro atoms. The molecule has 1 aliphatic rings. The average molecular weight is 440 g/mol. The van der Waals surface area contributed by atoms with Crippen LogP contribution in [0.4, 0.5) is 0 Å². The van der Waals surface area contributed by atoms with Crippen LogP contribution in [0.5, 0.6) is 0 Å². The van der Waals surface area contributed by atoms with Crippen molar-refractivity contribution in [3.63, 3.8) is 0 Å². The van der Waals surface area contributed by atoms with Gasteiger partial charge in [0.05, 0.1) is 6.16 Å². The molecule has 0 aromatic heterocycles. The van der Waals surface area contributed by atoms with E-state index in [1.54, 1.807) is 0 Å². The summed E-state index contributed by atoms with van der Waals surface area (Å²) in [4.78, 5) is 35.4. The molecule has 4 N–H and O–H groups in total. The van der Waals surface area contributed by atoms with Crippen LogP contribution in [0.2, 0.25) is 0 Å². The number of carbonyl (C=O) groups excluding carboxylic acids is 1. The van der Waals surface area contributed by atoms with Crippen molar-refractivity contribution in [2.45, 2.75) is 69.9 Å². The fourth-order valence-corrected chi connectivity index (χ4v) is 5.19. The summed E-state index contributed by atoms with van der Waals surface area (Å²) in [6.45, 7) is 2.19. The third kappa shape index (κ3) is 6.22. The highest BCUT2D eigenvalue weighted by atomic mass is 31.2. The first kappa shape index (κ1) is 24.7. The Labute approximate surface area is 177 Å². The van der Waals surface area contributed by atoms with Crippen molar-refractivity contribution < 1.29 is 28.7 Å². The second-order valence-corrected chi connectivity index (χ2v) is 9.80. The van der Waals surface area contributed by atoms with E-state index in [9.17, 15) is 24.2 Å². The Morgan fingerprint density at radius 2 is 1.97 bits per heavy atom. The molecule has 30 heavy (non-hydrogen) atoms. The van der Waals surface area contributed by atoms with E-state index in [2.05, 4.69) is 0 Å². The Bertz CT molecular complexity index is 759. The van der Waals surface area contributed by atoms with Crippen LogP contribution >= 0.6 is 7.60 Å². The van der Waals surface area contributed by atoms with Crippen molar-refractivity contribution in [2.24, 2.45) is 5.84 Å². The molecule has 0 radical (unpaired) electrons. The summed E-state index contributed by atoms with van der Waals surface area (Å²) in [5.41, 5.74) is -0.749. The molecule has 8 nitrogen and oxygen atoms in total. The monoisotopic (exact) mass is 440 g/mol. The molecule has 168 valence electrons. The van der Waals surface area contributed by atoms with E-state index in [1.807, 2.05) is 37.3 Å². The summed E-state index contributed by atoms with van der Waals surface area (Å²) < 4.78 is 18.1. The van der Waals surface area contributed by atoms with Crippen LogP contribution in [-0.2, 0) is 25.1 Å². The molecular weight excluding hydrogens is 407 g/mol. The van der Waals surface area contributed by atoms with Gasteiger partial charge in [0, 0.05) is 6.54 Å². The van der Waals surface area contributed by atoms with E-state index < -0.39 is 31.0 Å². The van der Waals surface area contributed by atoms with E-state index in [0.717, 1.165) is 23.4 Å². The van der Waals surface area contributed by atoms with Gasteiger partial charge < -0.3 is 10.00 Å². The van der Waals surface area contributed by atoms with E-state index in [1.165, 1.54) is 0 Å². The molecule has 0 saturated carbocycles. The fourth-order valence-electron chi connectivity index (χ4n) is 3.86. The first-order valence-electron chi connectivity index (χ1n) is 10.6. The number of nitrogens with two attached hydrogens (primary N) is 1. The summed E-state index contributed by atoms with van der Waals surface area (Å²) in [5, 5.41) is 10.8.